The maximum absolute atomic E-state index is 13.7. The minimum Gasteiger partial charge on any atom is -0.756 e. The van der Waals surface area contributed by atoms with Gasteiger partial charge in [-0.3, -0.25) is 36.3 Å². The van der Waals surface area contributed by atoms with E-state index in [1.807, 2.05) is 0 Å². The van der Waals surface area contributed by atoms with Crippen LogP contribution in [0.1, 0.15) is 0 Å². The van der Waals surface area contributed by atoms with Gasteiger partial charge in [0.05, 0.1) is 19.8 Å². The summed E-state index contributed by atoms with van der Waals surface area (Å²) < 4.78 is 134. The van der Waals surface area contributed by atoms with Crippen LogP contribution in [-0.4, -0.2) is 159 Å². The number of phosphoric acid groups is 7. The molecule has 0 amide bonds. The van der Waals surface area contributed by atoms with Crippen molar-refractivity contribution in [2.45, 2.75) is 73.8 Å². The summed E-state index contributed by atoms with van der Waals surface area (Å²) in [6.07, 6.45) is -27.1. The first-order valence-corrected chi connectivity index (χ1v) is 24.5. The van der Waals surface area contributed by atoms with Gasteiger partial charge in [-0.15, -0.1) is 0 Å². The summed E-state index contributed by atoms with van der Waals surface area (Å²) in [5.41, 5.74) is 0. The van der Waals surface area contributed by atoms with Gasteiger partial charge in [-0.25, -0.2) is 31.4 Å². The zero-order valence-electron chi connectivity index (χ0n) is 28.6. The number of phosphoric ester groups is 4. The fourth-order valence-electron chi connectivity index (χ4n) is 4.27. The summed E-state index contributed by atoms with van der Waals surface area (Å²) in [6.45, 7) is -3.93. The van der Waals surface area contributed by atoms with E-state index in [4.69, 9.17) is 47.4 Å². The Morgan fingerprint density at radius 2 is 0.672 bits per heavy atom. The molecule has 332 valence electrons. The van der Waals surface area contributed by atoms with E-state index in [2.05, 4.69) is 26.5 Å². The number of hydrogen-bond acceptors (Lipinski definition) is 27. The maximum atomic E-state index is 13.7. The van der Waals surface area contributed by atoms with Crippen molar-refractivity contribution in [1.29, 1.82) is 0 Å². The number of rotatable bonds is 21. The van der Waals surface area contributed by atoms with Crippen LogP contribution in [0.2, 0.25) is 0 Å². The Morgan fingerprint density at radius 3 is 0.897 bits per heavy atom. The molecule has 13 N–H and O–H groups in total. The van der Waals surface area contributed by atoms with Crippen molar-refractivity contribution in [1.82, 2.24) is 0 Å². The van der Waals surface area contributed by atoms with Crippen LogP contribution in [0.5, 0.6) is 0 Å². The third-order valence-electron chi connectivity index (χ3n) is 6.48. The van der Waals surface area contributed by atoms with Crippen LogP contribution in [0.4, 0.5) is 0 Å². The molecule has 3 fully saturated rings. The van der Waals surface area contributed by atoms with Crippen molar-refractivity contribution in [3.05, 3.63) is 0 Å². The quantitative estimate of drug-likeness (QED) is 0.0375. The first kappa shape index (κ1) is 58.5. The second kappa shape index (κ2) is 22.3. The molecule has 3 aliphatic heterocycles. The zero-order chi connectivity index (χ0) is 43.0. The first-order valence-electron chi connectivity index (χ1n) is 14.0. The molecule has 3 rings (SSSR count). The molecule has 43 heteroatoms. The Bertz CT molecular complexity index is 1510. The molecule has 0 radical (unpaired) electrons. The molecule has 0 aromatic carbocycles. The number of ether oxygens (including phenoxy) is 3. The van der Waals surface area contributed by atoms with E-state index in [1.54, 1.807) is 0 Å². The van der Waals surface area contributed by atoms with Gasteiger partial charge in [0.15, 0.2) is 18.9 Å². The van der Waals surface area contributed by atoms with Crippen LogP contribution in [-0.2, 0) is 86.2 Å². The topological polar surface area (TPSA) is 539 Å². The van der Waals surface area contributed by atoms with Crippen LogP contribution >= 0.6 is 54.8 Å². The van der Waals surface area contributed by atoms with Gasteiger partial charge in [-0.05, 0) is 0 Å². The Hall–Kier alpha value is 2.53. The predicted molar refractivity (Wildman–Crippen MR) is 155 cm³/mol. The molecule has 0 spiro atoms. The molecule has 17 unspecified atom stereocenters. The molecule has 0 aromatic rings. The molecule has 3 aliphatic rings. The van der Waals surface area contributed by atoms with Gasteiger partial charge in [0.2, 0.25) is 0 Å². The molecule has 34 nitrogen and oxygen atoms in total. The van der Waals surface area contributed by atoms with E-state index in [0.29, 0.717) is 0 Å². The second-order valence-corrected chi connectivity index (χ2v) is 20.7. The average Bonchev–Trinajstić information content (AvgIpc) is 3.50. The van der Waals surface area contributed by atoms with Gasteiger partial charge >= 0.3 is 98.2 Å². The van der Waals surface area contributed by atoms with Crippen LogP contribution in [0.25, 0.3) is 0 Å². The third-order valence-corrected chi connectivity index (χ3v) is 14.3. The second-order valence-electron chi connectivity index (χ2n) is 10.8. The normalized spacial score (nSPS) is 37.8. The van der Waals surface area contributed by atoms with Crippen molar-refractivity contribution in [2.75, 3.05) is 19.8 Å². The molecule has 3 saturated heterocycles. The molecule has 0 aliphatic carbocycles. The van der Waals surface area contributed by atoms with Gasteiger partial charge in [0, 0.05) is 0 Å². The largest absolute Gasteiger partial charge is 1.00 e. The average molecular weight is 1020 g/mol. The zero-order valence-corrected chi connectivity index (χ0v) is 38.8. The van der Waals surface area contributed by atoms with Gasteiger partial charge in [0.25, 0.3) is 15.6 Å². The summed E-state index contributed by atoms with van der Waals surface area (Å²) in [6, 6.07) is 0. The van der Waals surface area contributed by atoms with Gasteiger partial charge < -0.3 is 88.9 Å². The Balaban J connectivity index is 0.00000841. The predicted octanol–water partition coefficient (Wildman–Crippen LogP) is -12.1. The molecule has 0 bridgehead atoms. The van der Waals surface area contributed by atoms with Crippen molar-refractivity contribution < 1.29 is 220 Å². The van der Waals surface area contributed by atoms with Crippen LogP contribution in [0.3, 0.4) is 0 Å². The maximum Gasteiger partial charge on any atom is 1.00 e. The van der Waals surface area contributed by atoms with Crippen LogP contribution in [0, 0.1) is 0 Å². The van der Waals surface area contributed by atoms with E-state index in [0.717, 1.165) is 0 Å². The standard InChI is InChI=1S/C15H33O34P7.2Na/c16-7-4(41-13(10(7)19)44-53(31,32)47-50(22,23)24)1-38-56(37,39-2-5-8(17)11(20)14(42-5)45-54(33,34)48-51(25,26)27)40-3-6-9(18)12(21)15(43-6)46-55(35,36)49-52(28,29)30;;/h4-21H,1-3H2,(H,31,32)(H,33,34)(H,35,36)(H2,22,23,24)(H2,25,26,27)(H2,28,29,30);;/q;2*+1/p-2. The Morgan fingerprint density at radius 1 is 0.431 bits per heavy atom. The molecule has 17 atom stereocenters. The fourth-order valence-corrected chi connectivity index (χ4v) is 10.4. The minimum atomic E-state index is -5.94. The molecular weight excluding hydrogens is 987 g/mol. The third kappa shape index (κ3) is 18.8. The Labute approximate surface area is 366 Å². The molecule has 0 aromatic heterocycles. The van der Waals surface area contributed by atoms with E-state index in [9.17, 15) is 87.1 Å². The summed E-state index contributed by atoms with van der Waals surface area (Å²) in [4.78, 5) is 84.8. The fraction of sp³-hybridized carbons (Fsp3) is 1.00. The number of aliphatic hydroxyl groups excluding tert-OH is 6. The molecule has 3 heterocycles. The van der Waals surface area contributed by atoms with Gasteiger partial charge in [-0.1, -0.05) is 0 Å². The van der Waals surface area contributed by atoms with Gasteiger partial charge in [0.1, 0.15) is 54.9 Å². The van der Waals surface area contributed by atoms with E-state index < -0.39 is 148 Å². The van der Waals surface area contributed by atoms with E-state index in [1.165, 1.54) is 0 Å². The van der Waals surface area contributed by atoms with E-state index in [-0.39, 0.29) is 59.1 Å². The van der Waals surface area contributed by atoms with Crippen molar-refractivity contribution in [3.63, 3.8) is 0 Å². The Kier molecular flexibility index (Phi) is 22.6. The molecule has 58 heavy (non-hydrogen) atoms. The molecular formula is C15H31Na2O34P7. The molecule has 0 saturated carbocycles. The van der Waals surface area contributed by atoms with E-state index >= 15 is 0 Å². The minimum absolute atomic E-state index is 0. The number of aliphatic hydroxyl groups is 6. The van der Waals surface area contributed by atoms with Crippen LogP contribution < -0.4 is 68.9 Å². The SMILES string of the molecule is O=P([O-])(O)OP(=O)(O)OC1OC(COP(=O)(OCC2OC(OP(=O)(O)OP(=O)([O-])O)C(O)C2O)OCC2OC(OP(=O)(O)OP(=O)(O)O)C(O)C2O)C(O)C1O.[Na+].[Na+]. The monoisotopic (exact) mass is 1020 g/mol. The van der Waals surface area contributed by atoms with Crippen molar-refractivity contribution in [2.24, 2.45) is 0 Å². The van der Waals surface area contributed by atoms with Crippen molar-refractivity contribution >= 4 is 54.8 Å². The summed E-state index contributed by atoms with van der Waals surface area (Å²) in [5, 5.41) is 61.3. The number of hydrogen-bond donors (Lipinski definition) is 13. The van der Waals surface area contributed by atoms with Crippen molar-refractivity contribution in [3.8, 4) is 0 Å². The summed E-state index contributed by atoms with van der Waals surface area (Å²) in [5.74, 6) is 0. The summed E-state index contributed by atoms with van der Waals surface area (Å²) >= 11 is 0. The van der Waals surface area contributed by atoms with Crippen LogP contribution in [0.15, 0.2) is 0 Å². The smallest absolute Gasteiger partial charge is 0.756 e. The summed E-state index contributed by atoms with van der Waals surface area (Å²) in [7, 11) is -40.3. The van der Waals surface area contributed by atoms with Gasteiger partial charge in [-0.2, -0.15) is 4.31 Å². The first-order chi connectivity index (χ1) is 25.1.